The van der Waals surface area contributed by atoms with Gasteiger partial charge in [0.05, 0.1) is 0 Å². The van der Waals surface area contributed by atoms with Crippen molar-refractivity contribution in [2.24, 2.45) is 0 Å². The highest BCUT2D eigenvalue weighted by atomic mass is 15.0. The number of nitrogens with one attached hydrogen (secondary N) is 1. The third-order valence-electron chi connectivity index (χ3n) is 1.90. The molecule has 0 aliphatic heterocycles. The van der Waals surface area contributed by atoms with Gasteiger partial charge in [-0.05, 0) is 38.0 Å². The average Bonchev–Trinajstić information content (AvgIpc) is 1.96. The summed E-state index contributed by atoms with van der Waals surface area (Å²) in [4.78, 5) is 4.34. The van der Waals surface area contributed by atoms with Crippen molar-refractivity contribution in [3.05, 3.63) is 22.9 Å². The average molecular weight is 153 g/mol. The van der Waals surface area contributed by atoms with E-state index in [-0.39, 0.29) is 1.43 Å². The first-order chi connectivity index (χ1) is 5.15. The summed E-state index contributed by atoms with van der Waals surface area (Å²) in [6.45, 7) is 6.19. The van der Waals surface area contributed by atoms with E-state index < -0.39 is 0 Å². The predicted octanol–water partition coefficient (Wildman–Crippen LogP) is 2.29. The zero-order valence-corrected chi connectivity index (χ0v) is 7.52. The van der Waals surface area contributed by atoms with Gasteiger partial charge in [-0.1, -0.05) is 0 Å². The Morgan fingerprint density at radius 1 is 1.36 bits per heavy atom. The SMILES string of the molecule is CNc1nc(C)cc(C)c1C.[2HH]. The molecule has 0 aliphatic rings. The van der Waals surface area contributed by atoms with Crippen molar-refractivity contribution in [1.29, 1.82) is 0 Å². The Labute approximate surface area is 69.1 Å². The Kier molecular flexibility index (Phi) is 2.13. The minimum absolute atomic E-state index is 0. The molecule has 62 valence electrons. The number of pyridine rings is 1. The van der Waals surface area contributed by atoms with Crippen LogP contribution < -0.4 is 5.32 Å². The first-order valence-electron chi connectivity index (χ1n) is 3.77. The molecule has 0 amide bonds. The van der Waals surface area contributed by atoms with Gasteiger partial charge in [-0.25, -0.2) is 4.98 Å². The number of aromatic nitrogens is 1. The molecule has 0 radical (unpaired) electrons. The molecule has 0 bridgehead atoms. The van der Waals surface area contributed by atoms with E-state index in [9.17, 15) is 0 Å². The maximum atomic E-state index is 4.34. The van der Waals surface area contributed by atoms with Crippen LogP contribution in [0.5, 0.6) is 0 Å². The van der Waals surface area contributed by atoms with Gasteiger partial charge >= 0.3 is 0 Å². The Morgan fingerprint density at radius 2 is 2.00 bits per heavy atom. The minimum atomic E-state index is 0. The highest BCUT2D eigenvalue weighted by molar-refractivity contribution is 5.47. The fourth-order valence-electron chi connectivity index (χ4n) is 1.14. The Morgan fingerprint density at radius 3 is 2.55 bits per heavy atom. The molecule has 1 N–H and O–H groups in total. The number of hydrogen-bond acceptors (Lipinski definition) is 2. The van der Waals surface area contributed by atoms with Gasteiger partial charge < -0.3 is 5.32 Å². The van der Waals surface area contributed by atoms with Gasteiger partial charge in [0.25, 0.3) is 0 Å². The lowest BCUT2D eigenvalue weighted by molar-refractivity contribution is 1.13. The van der Waals surface area contributed by atoms with Crippen molar-refractivity contribution in [2.45, 2.75) is 20.8 Å². The number of aryl methyl sites for hydroxylation is 2. The summed E-state index contributed by atoms with van der Waals surface area (Å²) in [5.41, 5.74) is 3.59. The lowest BCUT2D eigenvalue weighted by atomic mass is 10.1. The highest BCUT2D eigenvalue weighted by Crippen LogP contribution is 2.15. The Hall–Kier alpha value is -1.05. The summed E-state index contributed by atoms with van der Waals surface area (Å²) in [6.07, 6.45) is 0. The van der Waals surface area contributed by atoms with Crippen molar-refractivity contribution < 1.29 is 1.43 Å². The minimum Gasteiger partial charge on any atom is -0.373 e. The number of rotatable bonds is 1. The third-order valence-corrected chi connectivity index (χ3v) is 1.90. The third kappa shape index (κ3) is 1.50. The van der Waals surface area contributed by atoms with Crippen LogP contribution in [-0.4, -0.2) is 12.0 Å². The van der Waals surface area contributed by atoms with Crippen LogP contribution in [0.25, 0.3) is 0 Å². The second-order valence-electron chi connectivity index (χ2n) is 2.80. The smallest absolute Gasteiger partial charge is 0.129 e. The summed E-state index contributed by atoms with van der Waals surface area (Å²) in [6, 6.07) is 2.09. The second kappa shape index (κ2) is 2.91. The molecule has 0 unspecified atom stereocenters. The molecule has 0 spiro atoms. The van der Waals surface area contributed by atoms with E-state index in [4.69, 9.17) is 0 Å². The lowest BCUT2D eigenvalue weighted by Gasteiger charge is -2.07. The molecule has 0 saturated carbocycles. The lowest BCUT2D eigenvalue weighted by Crippen LogP contribution is -1.98. The van der Waals surface area contributed by atoms with E-state index >= 15 is 0 Å². The van der Waals surface area contributed by atoms with Crippen LogP contribution in [-0.2, 0) is 0 Å². The van der Waals surface area contributed by atoms with E-state index in [0.717, 1.165) is 11.5 Å². The molecule has 11 heavy (non-hydrogen) atoms. The van der Waals surface area contributed by atoms with E-state index in [2.05, 4.69) is 30.2 Å². The summed E-state index contributed by atoms with van der Waals surface area (Å²) in [5, 5.41) is 3.07. The van der Waals surface area contributed by atoms with Crippen LogP contribution in [0.2, 0.25) is 0 Å². The molecule has 0 saturated heterocycles. The molecule has 1 aromatic heterocycles. The molecule has 0 atom stereocenters. The second-order valence-corrected chi connectivity index (χ2v) is 2.80. The summed E-state index contributed by atoms with van der Waals surface area (Å²) in [5.74, 6) is 0.988. The van der Waals surface area contributed by atoms with E-state index in [1.165, 1.54) is 11.1 Å². The van der Waals surface area contributed by atoms with Crippen LogP contribution in [0.1, 0.15) is 18.2 Å². The summed E-state index contributed by atoms with van der Waals surface area (Å²) >= 11 is 0. The Bertz CT molecular complexity index is 271. The Balaban J connectivity index is 0.00000121. The predicted molar refractivity (Wildman–Crippen MR) is 50.1 cm³/mol. The van der Waals surface area contributed by atoms with Gasteiger partial charge in [-0.15, -0.1) is 0 Å². The van der Waals surface area contributed by atoms with Crippen molar-refractivity contribution in [2.75, 3.05) is 12.4 Å². The maximum absolute atomic E-state index is 4.34. The van der Waals surface area contributed by atoms with Crippen molar-refractivity contribution in [3.8, 4) is 0 Å². The number of nitrogens with zero attached hydrogens (tertiary/aromatic N) is 1. The monoisotopic (exact) mass is 153 g/mol. The van der Waals surface area contributed by atoms with Crippen LogP contribution in [0.15, 0.2) is 6.07 Å². The van der Waals surface area contributed by atoms with E-state index in [0.29, 0.717) is 0 Å². The quantitative estimate of drug-likeness (QED) is 0.669. The van der Waals surface area contributed by atoms with Crippen LogP contribution in [0.3, 0.4) is 0 Å². The first kappa shape index (κ1) is 8.05. The molecule has 1 heterocycles. The molecule has 2 nitrogen and oxygen atoms in total. The largest absolute Gasteiger partial charge is 0.373 e. The molecule has 0 aliphatic carbocycles. The summed E-state index contributed by atoms with van der Waals surface area (Å²) < 4.78 is 0. The zero-order valence-electron chi connectivity index (χ0n) is 7.52. The van der Waals surface area contributed by atoms with Crippen LogP contribution in [0.4, 0.5) is 5.82 Å². The molecule has 0 aromatic carbocycles. The van der Waals surface area contributed by atoms with Crippen LogP contribution in [0, 0.1) is 20.8 Å². The van der Waals surface area contributed by atoms with Gasteiger partial charge in [0, 0.05) is 14.2 Å². The van der Waals surface area contributed by atoms with Crippen molar-refractivity contribution in [3.63, 3.8) is 0 Å². The molecule has 1 rings (SSSR count). The zero-order chi connectivity index (χ0) is 8.43. The number of anilines is 1. The standard InChI is InChI=1S/C9H14N2.H2/c1-6-5-7(2)11-9(10-4)8(6)3;/h5H,1-4H3,(H,10,11);1H/i;1+1. The fraction of sp³-hybridized carbons (Fsp3) is 0.444. The topological polar surface area (TPSA) is 24.9 Å². The highest BCUT2D eigenvalue weighted by Gasteiger charge is 2.00. The van der Waals surface area contributed by atoms with Crippen LogP contribution >= 0.6 is 0 Å². The molecular formula is C9H16N2. The molecule has 2 heteroatoms. The normalized spacial score (nSPS) is 9.82. The molecular weight excluding hydrogens is 136 g/mol. The molecule has 1 aromatic rings. The van der Waals surface area contributed by atoms with E-state index in [1.807, 2.05) is 14.0 Å². The fourth-order valence-corrected chi connectivity index (χ4v) is 1.14. The van der Waals surface area contributed by atoms with Gasteiger partial charge in [-0.2, -0.15) is 0 Å². The van der Waals surface area contributed by atoms with Crippen molar-refractivity contribution >= 4 is 5.82 Å². The van der Waals surface area contributed by atoms with Gasteiger partial charge in [0.2, 0.25) is 0 Å². The summed E-state index contributed by atoms with van der Waals surface area (Å²) in [7, 11) is 1.90. The first-order valence-corrected chi connectivity index (χ1v) is 3.77. The number of hydrogen-bond donors (Lipinski definition) is 1. The van der Waals surface area contributed by atoms with Gasteiger partial charge in [0.1, 0.15) is 5.82 Å². The van der Waals surface area contributed by atoms with Gasteiger partial charge in [0.15, 0.2) is 0 Å². The van der Waals surface area contributed by atoms with E-state index in [1.54, 1.807) is 0 Å². The van der Waals surface area contributed by atoms with Crippen molar-refractivity contribution in [1.82, 2.24) is 4.98 Å². The molecule has 0 fully saturated rings. The van der Waals surface area contributed by atoms with Gasteiger partial charge in [-0.3, -0.25) is 0 Å². The maximum Gasteiger partial charge on any atom is 0.129 e.